The molecule has 0 spiro atoms. The van der Waals surface area contributed by atoms with E-state index in [1.807, 2.05) is 43.3 Å². The largest absolute Gasteiger partial charge is 0.366 e. The van der Waals surface area contributed by atoms with E-state index in [2.05, 4.69) is 12.0 Å². The molecule has 172 valence electrons. The molecule has 0 radical (unpaired) electrons. The second-order valence-corrected chi connectivity index (χ2v) is 7.96. The van der Waals surface area contributed by atoms with E-state index in [-0.39, 0.29) is 18.0 Å². The summed E-state index contributed by atoms with van der Waals surface area (Å²) in [4.78, 5) is 39.5. The first-order valence-corrected chi connectivity index (χ1v) is 11.2. The third kappa shape index (κ3) is 4.45. The van der Waals surface area contributed by atoms with Crippen LogP contribution in [0.5, 0.6) is 0 Å². The molecule has 0 fully saturated rings. The number of nitrogens with zero attached hydrogens (tertiary/aromatic N) is 3. The fraction of sp³-hybridized carbons (Fsp3) is 0.185. The monoisotopic (exact) mass is 454 g/mol. The van der Waals surface area contributed by atoms with Crippen molar-refractivity contribution in [3.8, 4) is 11.3 Å². The van der Waals surface area contributed by atoms with Crippen LogP contribution in [0.25, 0.3) is 22.0 Å². The molecule has 4 aromatic rings. The van der Waals surface area contributed by atoms with Crippen LogP contribution in [-0.4, -0.2) is 28.1 Å². The van der Waals surface area contributed by atoms with Gasteiger partial charge < -0.3 is 10.6 Å². The molecule has 1 aromatic heterocycles. The maximum Gasteiger partial charge on any atom is 0.275 e. The van der Waals surface area contributed by atoms with E-state index in [1.54, 1.807) is 41.3 Å². The highest BCUT2D eigenvalue weighted by atomic mass is 16.2. The third-order valence-electron chi connectivity index (χ3n) is 5.87. The normalized spacial score (nSPS) is 10.9. The van der Waals surface area contributed by atoms with Gasteiger partial charge in [0.1, 0.15) is 6.54 Å². The highest BCUT2D eigenvalue weighted by Crippen LogP contribution is 2.25. The Morgan fingerprint density at radius 3 is 2.15 bits per heavy atom. The van der Waals surface area contributed by atoms with Crippen LogP contribution in [0.3, 0.4) is 0 Å². The Morgan fingerprint density at radius 2 is 1.56 bits per heavy atom. The Kier molecular flexibility index (Phi) is 6.54. The summed E-state index contributed by atoms with van der Waals surface area (Å²) in [5.41, 5.74) is 8.63. The molecule has 7 nitrogen and oxygen atoms in total. The van der Waals surface area contributed by atoms with E-state index in [4.69, 9.17) is 5.73 Å². The van der Waals surface area contributed by atoms with Gasteiger partial charge in [-0.1, -0.05) is 49.4 Å². The van der Waals surface area contributed by atoms with Gasteiger partial charge in [-0.3, -0.25) is 14.4 Å². The number of amides is 2. The van der Waals surface area contributed by atoms with Gasteiger partial charge in [0.05, 0.1) is 11.1 Å². The number of likely N-dealkylation sites (N-methyl/N-ethyl adjacent to an activating group) is 1. The van der Waals surface area contributed by atoms with Crippen molar-refractivity contribution in [3.05, 3.63) is 94.3 Å². The number of benzene rings is 3. The average molecular weight is 455 g/mol. The fourth-order valence-corrected chi connectivity index (χ4v) is 3.98. The van der Waals surface area contributed by atoms with Crippen molar-refractivity contribution in [1.29, 1.82) is 0 Å². The van der Waals surface area contributed by atoms with Crippen molar-refractivity contribution in [2.45, 2.75) is 26.8 Å². The van der Waals surface area contributed by atoms with Gasteiger partial charge in [-0.05, 0) is 49.2 Å². The molecule has 0 saturated carbocycles. The fourth-order valence-electron chi connectivity index (χ4n) is 3.98. The molecular weight excluding hydrogens is 428 g/mol. The van der Waals surface area contributed by atoms with Crippen LogP contribution in [0.15, 0.2) is 77.6 Å². The minimum Gasteiger partial charge on any atom is -0.366 e. The van der Waals surface area contributed by atoms with Gasteiger partial charge in [0, 0.05) is 28.7 Å². The topological polar surface area (TPSA) is 98.3 Å². The molecule has 0 aliphatic heterocycles. The molecule has 4 rings (SSSR count). The molecular formula is C27H26N4O3. The van der Waals surface area contributed by atoms with Crippen molar-refractivity contribution in [2.24, 2.45) is 5.73 Å². The van der Waals surface area contributed by atoms with Gasteiger partial charge in [-0.2, -0.15) is 5.10 Å². The van der Waals surface area contributed by atoms with Crippen molar-refractivity contribution in [3.63, 3.8) is 0 Å². The zero-order chi connectivity index (χ0) is 24.2. The minimum atomic E-state index is -0.522. The van der Waals surface area contributed by atoms with E-state index in [1.165, 1.54) is 10.2 Å². The lowest BCUT2D eigenvalue weighted by Crippen LogP contribution is -2.37. The molecule has 0 aliphatic rings. The van der Waals surface area contributed by atoms with Crippen LogP contribution in [0.1, 0.15) is 29.8 Å². The summed E-state index contributed by atoms with van der Waals surface area (Å²) in [6.07, 6.45) is 0.917. The second kappa shape index (κ2) is 9.70. The van der Waals surface area contributed by atoms with Crippen molar-refractivity contribution >= 4 is 28.3 Å². The van der Waals surface area contributed by atoms with Crippen LogP contribution in [0, 0.1) is 0 Å². The summed E-state index contributed by atoms with van der Waals surface area (Å²) >= 11 is 0. The lowest BCUT2D eigenvalue weighted by Gasteiger charge is -2.22. The Bertz CT molecular complexity index is 1410. The van der Waals surface area contributed by atoms with E-state index >= 15 is 0 Å². The number of nitrogens with two attached hydrogens (primary N) is 1. The number of primary amides is 1. The summed E-state index contributed by atoms with van der Waals surface area (Å²) in [5, 5.41) is 5.70. The number of carbonyl (C=O) groups is 2. The molecule has 3 aromatic carbocycles. The van der Waals surface area contributed by atoms with Crippen molar-refractivity contribution in [1.82, 2.24) is 9.78 Å². The van der Waals surface area contributed by atoms with Crippen LogP contribution in [0.2, 0.25) is 0 Å². The van der Waals surface area contributed by atoms with E-state index < -0.39 is 5.91 Å². The zero-order valence-corrected chi connectivity index (χ0v) is 19.2. The molecule has 34 heavy (non-hydrogen) atoms. The minimum absolute atomic E-state index is 0.195. The van der Waals surface area contributed by atoms with Crippen LogP contribution >= 0.6 is 0 Å². The molecule has 1 heterocycles. The molecule has 2 amide bonds. The second-order valence-electron chi connectivity index (χ2n) is 7.96. The smallest absolute Gasteiger partial charge is 0.275 e. The van der Waals surface area contributed by atoms with E-state index in [0.29, 0.717) is 34.1 Å². The molecule has 0 atom stereocenters. The number of fused-ring (bicyclic) bond motifs is 1. The highest BCUT2D eigenvalue weighted by Gasteiger charge is 2.19. The Balaban J connectivity index is 1.75. The summed E-state index contributed by atoms with van der Waals surface area (Å²) in [7, 11) is 0. The molecule has 0 saturated heterocycles. The molecule has 0 bridgehead atoms. The standard InChI is InChI=1S/C27H26N4O3/c1-3-18-9-15-21(16-10-18)30(4-2)24(32)17-31-27(34)23-8-6-5-7-22(23)25(29-31)19-11-13-20(14-12-19)26(28)33/h5-16H,3-4,17H2,1-2H3,(H2,28,33). The van der Waals surface area contributed by atoms with Crippen molar-refractivity contribution < 1.29 is 9.59 Å². The number of rotatable bonds is 7. The number of hydrogen-bond donors (Lipinski definition) is 1. The summed E-state index contributed by atoms with van der Waals surface area (Å²) < 4.78 is 1.21. The Labute approximate surface area is 197 Å². The SMILES string of the molecule is CCc1ccc(N(CC)C(=O)Cn2nc(-c3ccc(C(N)=O)cc3)c3ccccc3c2=O)cc1. The third-order valence-corrected chi connectivity index (χ3v) is 5.87. The highest BCUT2D eigenvalue weighted by molar-refractivity contribution is 5.97. The van der Waals surface area contributed by atoms with Crippen LogP contribution < -0.4 is 16.2 Å². The molecule has 0 aliphatic carbocycles. The first kappa shape index (κ1) is 22.9. The summed E-state index contributed by atoms with van der Waals surface area (Å²) in [5.74, 6) is -0.752. The first-order chi connectivity index (χ1) is 16.4. The lowest BCUT2D eigenvalue weighted by molar-refractivity contribution is -0.119. The quantitative estimate of drug-likeness (QED) is 0.459. The van der Waals surface area contributed by atoms with Gasteiger partial charge in [0.2, 0.25) is 11.8 Å². The number of carbonyl (C=O) groups excluding carboxylic acids is 2. The predicted molar refractivity (Wildman–Crippen MR) is 134 cm³/mol. The van der Waals surface area contributed by atoms with Gasteiger partial charge >= 0.3 is 0 Å². The first-order valence-electron chi connectivity index (χ1n) is 11.2. The van der Waals surface area contributed by atoms with Gasteiger partial charge in [-0.25, -0.2) is 4.68 Å². The number of aryl methyl sites for hydroxylation is 1. The Morgan fingerprint density at radius 1 is 0.912 bits per heavy atom. The zero-order valence-electron chi connectivity index (χ0n) is 19.2. The molecule has 0 unspecified atom stereocenters. The maximum absolute atomic E-state index is 13.2. The van der Waals surface area contributed by atoms with Gasteiger partial charge in [-0.15, -0.1) is 0 Å². The summed E-state index contributed by atoms with van der Waals surface area (Å²) in [6, 6.07) is 21.7. The van der Waals surface area contributed by atoms with Crippen LogP contribution in [-0.2, 0) is 17.8 Å². The van der Waals surface area contributed by atoms with Crippen LogP contribution in [0.4, 0.5) is 5.69 Å². The summed E-state index contributed by atoms with van der Waals surface area (Å²) in [6.45, 7) is 4.25. The van der Waals surface area contributed by atoms with Crippen molar-refractivity contribution in [2.75, 3.05) is 11.4 Å². The molecule has 7 heteroatoms. The average Bonchev–Trinajstić information content (AvgIpc) is 2.86. The molecule has 2 N–H and O–H groups in total. The Hall–Kier alpha value is -4.26. The maximum atomic E-state index is 13.2. The van der Waals surface area contributed by atoms with E-state index in [9.17, 15) is 14.4 Å². The van der Waals surface area contributed by atoms with E-state index in [0.717, 1.165) is 12.1 Å². The van der Waals surface area contributed by atoms with Gasteiger partial charge in [0.25, 0.3) is 5.56 Å². The number of anilines is 1. The number of aromatic nitrogens is 2. The number of hydrogen-bond acceptors (Lipinski definition) is 4. The lowest BCUT2D eigenvalue weighted by atomic mass is 10.0. The predicted octanol–water partition coefficient (Wildman–Crippen LogP) is 3.78. The van der Waals surface area contributed by atoms with Gasteiger partial charge in [0.15, 0.2) is 0 Å².